The predicted octanol–water partition coefficient (Wildman–Crippen LogP) is 1.47. The van der Waals surface area contributed by atoms with E-state index in [1.807, 2.05) is 0 Å². The summed E-state index contributed by atoms with van der Waals surface area (Å²) < 4.78 is 52.6. The van der Waals surface area contributed by atoms with Crippen LogP contribution in [0.15, 0.2) is 17.0 Å². The minimum atomic E-state index is -4.18. The summed E-state index contributed by atoms with van der Waals surface area (Å²) in [6.07, 6.45) is 2.65. The van der Waals surface area contributed by atoms with E-state index in [-0.39, 0.29) is 6.54 Å². The van der Waals surface area contributed by atoms with E-state index in [1.54, 1.807) is 0 Å². The van der Waals surface area contributed by atoms with E-state index in [2.05, 4.69) is 0 Å². The van der Waals surface area contributed by atoms with E-state index in [4.69, 9.17) is 5.73 Å². The molecule has 1 aromatic carbocycles. The number of aliphatic hydroxyl groups is 1. The highest BCUT2D eigenvalue weighted by molar-refractivity contribution is 7.89. The first-order valence-electron chi connectivity index (χ1n) is 6.60. The third-order valence-electron chi connectivity index (χ3n) is 3.83. The molecule has 0 saturated heterocycles. The van der Waals surface area contributed by atoms with Crippen molar-refractivity contribution in [1.82, 2.24) is 4.31 Å². The molecule has 0 radical (unpaired) electrons. The van der Waals surface area contributed by atoms with Crippen LogP contribution in [0.25, 0.3) is 0 Å². The van der Waals surface area contributed by atoms with Crippen molar-refractivity contribution in [2.75, 3.05) is 19.3 Å². The Morgan fingerprint density at radius 3 is 2.48 bits per heavy atom. The smallest absolute Gasteiger partial charge is 0.245 e. The van der Waals surface area contributed by atoms with Crippen molar-refractivity contribution in [3.63, 3.8) is 0 Å². The second kappa shape index (κ2) is 5.51. The number of likely N-dealkylation sites (N-methyl/N-ethyl adjacent to an activating group) is 1. The molecule has 2 rings (SSSR count). The number of nitrogens with zero attached hydrogens (tertiary/aromatic N) is 1. The second-order valence-corrected chi connectivity index (χ2v) is 7.48. The number of nitrogens with two attached hydrogens (primary N) is 1. The van der Waals surface area contributed by atoms with E-state index < -0.39 is 37.8 Å². The number of rotatable bonds is 4. The van der Waals surface area contributed by atoms with E-state index in [9.17, 15) is 22.3 Å². The first-order valence-corrected chi connectivity index (χ1v) is 8.04. The Labute approximate surface area is 122 Å². The maximum Gasteiger partial charge on any atom is 0.245 e. The van der Waals surface area contributed by atoms with Gasteiger partial charge in [-0.05, 0) is 25.0 Å². The number of nitrogen functional groups attached to an aromatic ring is 1. The third-order valence-corrected chi connectivity index (χ3v) is 5.65. The Bertz CT molecular complexity index is 643. The lowest BCUT2D eigenvalue weighted by atomic mass is 10.0. The molecule has 0 unspecified atom stereocenters. The van der Waals surface area contributed by atoms with E-state index in [1.165, 1.54) is 7.05 Å². The minimum absolute atomic E-state index is 0.133. The molecule has 118 valence electrons. The van der Waals surface area contributed by atoms with Gasteiger partial charge in [0.15, 0.2) is 5.82 Å². The number of benzene rings is 1. The van der Waals surface area contributed by atoms with Crippen LogP contribution in [0.2, 0.25) is 0 Å². The molecular weight excluding hydrogens is 302 g/mol. The fourth-order valence-corrected chi connectivity index (χ4v) is 3.93. The molecule has 1 saturated carbocycles. The summed E-state index contributed by atoms with van der Waals surface area (Å²) in [7, 11) is -2.93. The number of sulfonamides is 1. The lowest BCUT2D eigenvalue weighted by molar-refractivity contribution is 0.0333. The molecule has 5 nitrogen and oxygen atoms in total. The quantitative estimate of drug-likeness (QED) is 0.823. The zero-order chi connectivity index (χ0) is 15.8. The van der Waals surface area contributed by atoms with Gasteiger partial charge in [-0.1, -0.05) is 12.8 Å². The Hall–Kier alpha value is -1.25. The van der Waals surface area contributed by atoms with Gasteiger partial charge in [-0.3, -0.25) is 0 Å². The van der Waals surface area contributed by atoms with Gasteiger partial charge in [0.2, 0.25) is 10.0 Å². The molecule has 0 aromatic heterocycles. The van der Waals surface area contributed by atoms with E-state index >= 15 is 0 Å². The Kier molecular flexibility index (Phi) is 4.23. The molecule has 0 bridgehead atoms. The van der Waals surface area contributed by atoms with E-state index in [0.717, 1.165) is 29.3 Å². The van der Waals surface area contributed by atoms with Crippen molar-refractivity contribution in [3.8, 4) is 0 Å². The van der Waals surface area contributed by atoms with Crippen LogP contribution >= 0.6 is 0 Å². The highest BCUT2D eigenvalue weighted by Gasteiger charge is 2.36. The summed E-state index contributed by atoms with van der Waals surface area (Å²) in [6.45, 7) is -0.133. The fraction of sp³-hybridized carbons (Fsp3) is 0.538. The summed E-state index contributed by atoms with van der Waals surface area (Å²) in [5.41, 5.74) is 3.26. The standard InChI is InChI=1S/C13H18F2N2O3S/c1-17(8-13(18)6-2-3-7-13)21(19,20)10-5-4-9(14)12(16)11(10)15/h4-5,18H,2-3,6-8,16H2,1H3. The average molecular weight is 320 g/mol. The van der Waals surface area contributed by atoms with Gasteiger partial charge >= 0.3 is 0 Å². The molecule has 1 fully saturated rings. The Morgan fingerprint density at radius 1 is 1.33 bits per heavy atom. The van der Waals surface area contributed by atoms with E-state index in [0.29, 0.717) is 12.8 Å². The second-order valence-electron chi connectivity index (χ2n) is 5.47. The predicted molar refractivity (Wildman–Crippen MR) is 74.0 cm³/mol. The fourth-order valence-electron chi connectivity index (χ4n) is 2.61. The number of halogens is 2. The topological polar surface area (TPSA) is 83.6 Å². The summed E-state index contributed by atoms with van der Waals surface area (Å²) in [6, 6.07) is 1.65. The van der Waals surface area contributed by atoms with Crippen LogP contribution in [0, 0.1) is 11.6 Å². The third kappa shape index (κ3) is 3.02. The molecule has 0 spiro atoms. The van der Waals surface area contributed by atoms with Crippen molar-refractivity contribution in [2.24, 2.45) is 0 Å². The van der Waals surface area contributed by atoms with Gasteiger partial charge in [-0.2, -0.15) is 4.31 Å². The largest absolute Gasteiger partial charge is 0.394 e. The first kappa shape index (κ1) is 16.1. The van der Waals surface area contributed by atoms with Crippen LogP contribution in [-0.4, -0.2) is 37.0 Å². The summed E-state index contributed by atoms with van der Waals surface area (Å²) >= 11 is 0. The maximum atomic E-state index is 13.9. The van der Waals surface area contributed by atoms with Gasteiger partial charge in [0, 0.05) is 13.6 Å². The van der Waals surface area contributed by atoms with Gasteiger partial charge in [0.1, 0.15) is 16.4 Å². The molecule has 0 atom stereocenters. The molecule has 8 heteroatoms. The molecule has 3 N–H and O–H groups in total. The van der Waals surface area contributed by atoms with Crippen LogP contribution in [0.1, 0.15) is 25.7 Å². The Balaban J connectivity index is 2.31. The number of anilines is 1. The summed E-state index contributed by atoms with van der Waals surface area (Å²) in [5.74, 6) is -2.32. The van der Waals surface area contributed by atoms with Crippen molar-refractivity contribution in [1.29, 1.82) is 0 Å². The van der Waals surface area contributed by atoms with Crippen LogP contribution in [-0.2, 0) is 10.0 Å². The molecule has 0 aliphatic heterocycles. The lowest BCUT2D eigenvalue weighted by Gasteiger charge is -2.28. The molecule has 1 aromatic rings. The van der Waals surface area contributed by atoms with Crippen LogP contribution < -0.4 is 5.73 Å². The molecule has 0 heterocycles. The van der Waals surface area contributed by atoms with Crippen LogP contribution in [0.5, 0.6) is 0 Å². The van der Waals surface area contributed by atoms with Gasteiger partial charge in [0.25, 0.3) is 0 Å². The first-order chi connectivity index (χ1) is 9.67. The number of hydrogen-bond donors (Lipinski definition) is 2. The van der Waals surface area contributed by atoms with Gasteiger partial charge < -0.3 is 10.8 Å². The molecule has 21 heavy (non-hydrogen) atoms. The molecule has 1 aliphatic rings. The van der Waals surface area contributed by atoms with Gasteiger partial charge in [-0.25, -0.2) is 17.2 Å². The van der Waals surface area contributed by atoms with Crippen molar-refractivity contribution in [2.45, 2.75) is 36.2 Å². The highest BCUT2D eigenvalue weighted by atomic mass is 32.2. The number of hydrogen-bond acceptors (Lipinski definition) is 4. The zero-order valence-corrected chi connectivity index (χ0v) is 12.5. The molecular formula is C13H18F2N2O3S. The summed E-state index contributed by atoms with van der Waals surface area (Å²) in [5, 5.41) is 10.3. The molecule has 0 amide bonds. The lowest BCUT2D eigenvalue weighted by Crippen LogP contribution is -2.42. The van der Waals surface area contributed by atoms with Crippen LogP contribution in [0.4, 0.5) is 14.5 Å². The minimum Gasteiger partial charge on any atom is -0.394 e. The monoisotopic (exact) mass is 320 g/mol. The van der Waals surface area contributed by atoms with Crippen molar-refractivity contribution < 1.29 is 22.3 Å². The normalized spacial score (nSPS) is 18.3. The van der Waals surface area contributed by atoms with Crippen molar-refractivity contribution >= 4 is 15.7 Å². The Morgan fingerprint density at radius 2 is 1.90 bits per heavy atom. The van der Waals surface area contributed by atoms with Gasteiger partial charge in [-0.15, -0.1) is 0 Å². The van der Waals surface area contributed by atoms with Crippen molar-refractivity contribution in [3.05, 3.63) is 23.8 Å². The zero-order valence-electron chi connectivity index (χ0n) is 11.6. The van der Waals surface area contributed by atoms with Crippen LogP contribution in [0.3, 0.4) is 0 Å². The highest BCUT2D eigenvalue weighted by Crippen LogP contribution is 2.32. The van der Waals surface area contributed by atoms with Gasteiger partial charge in [0.05, 0.1) is 5.60 Å². The molecule has 1 aliphatic carbocycles. The average Bonchev–Trinajstić information content (AvgIpc) is 2.82. The maximum absolute atomic E-state index is 13.9. The summed E-state index contributed by atoms with van der Waals surface area (Å²) in [4.78, 5) is -0.689. The SMILES string of the molecule is CN(CC1(O)CCCC1)S(=O)(=O)c1ccc(F)c(N)c1F.